The minimum Gasteiger partial charge on any atom is -0.450 e. The Bertz CT molecular complexity index is 920. The van der Waals surface area contributed by atoms with E-state index >= 15 is 0 Å². The van der Waals surface area contributed by atoms with Gasteiger partial charge in [-0.05, 0) is 30.3 Å². The molecule has 0 radical (unpaired) electrons. The zero-order valence-electron chi connectivity index (χ0n) is 13.6. The zero-order chi connectivity index (χ0) is 18.5. The average Bonchev–Trinajstić information content (AvgIpc) is 2.89. The van der Waals surface area contributed by atoms with Crippen molar-refractivity contribution in [3.63, 3.8) is 0 Å². The van der Waals surface area contributed by atoms with Gasteiger partial charge in [-0.1, -0.05) is 40.9 Å². The Hall–Kier alpha value is -1.75. The van der Waals surface area contributed by atoms with Crippen LogP contribution in [0.15, 0.2) is 36.4 Å². The van der Waals surface area contributed by atoms with E-state index in [0.717, 1.165) is 5.56 Å². The van der Waals surface area contributed by atoms with Gasteiger partial charge in [0, 0.05) is 36.5 Å². The Kier molecular flexibility index (Phi) is 4.38. The number of benzene rings is 2. The monoisotopic (exact) mass is 409 g/mol. The van der Waals surface area contributed by atoms with Crippen LogP contribution in [-0.4, -0.2) is 29.9 Å². The predicted molar refractivity (Wildman–Crippen MR) is 100 cm³/mol. The molecule has 7 heteroatoms. The molecule has 0 atom stereocenters. The molecule has 0 unspecified atom stereocenters. The first-order valence-electron chi connectivity index (χ1n) is 8.18. The quantitative estimate of drug-likeness (QED) is 0.625. The summed E-state index contributed by atoms with van der Waals surface area (Å²) < 4.78 is 5.71. The van der Waals surface area contributed by atoms with Crippen molar-refractivity contribution in [1.82, 2.24) is 4.90 Å². The highest BCUT2D eigenvalue weighted by molar-refractivity contribution is 6.43. The van der Waals surface area contributed by atoms with Gasteiger partial charge in [-0.3, -0.25) is 4.79 Å². The molecule has 26 heavy (non-hydrogen) atoms. The van der Waals surface area contributed by atoms with Crippen molar-refractivity contribution in [2.75, 3.05) is 13.1 Å². The van der Waals surface area contributed by atoms with Gasteiger partial charge in [0.2, 0.25) is 0 Å². The summed E-state index contributed by atoms with van der Waals surface area (Å²) in [5.41, 5.74) is 1.02. The minimum atomic E-state index is -0.716. The predicted octanol–water partition coefficient (Wildman–Crippen LogP) is 4.95. The molecule has 2 aliphatic rings. The fourth-order valence-corrected chi connectivity index (χ4v) is 4.19. The van der Waals surface area contributed by atoms with Crippen molar-refractivity contribution in [2.45, 2.75) is 18.4 Å². The maximum Gasteiger partial charge on any atom is 0.339 e. The Labute approximate surface area is 165 Å². The molecule has 4 nitrogen and oxygen atoms in total. The minimum absolute atomic E-state index is 0.178. The molecule has 1 fully saturated rings. The number of carbonyl (C=O) groups is 2. The van der Waals surface area contributed by atoms with Gasteiger partial charge in [0.05, 0.1) is 21.2 Å². The summed E-state index contributed by atoms with van der Waals surface area (Å²) in [5.74, 6) is -0.516. The second-order valence-electron chi connectivity index (χ2n) is 6.47. The highest BCUT2D eigenvalue weighted by atomic mass is 35.5. The first-order chi connectivity index (χ1) is 12.4. The Balaban J connectivity index is 1.57. The number of fused-ring (bicyclic) bond motifs is 2. The molecule has 0 bridgehead atoms. The first-order valence-corrected chi connectivity index (χ1v) is 9.31. The lowest BCUT2D eigenvalue weighted by Crippen LogP contribution is -2.45. The van der Waals surface area contributed by atoms with E-state index in [0.29, 0.717) is 47.1 Å². The number of ether oxygens (including phenoxy) is 1. The largest absolute Gasteiger partial charge is 0.450 e. The lowest BCUT2D eigenvalue weighted by Gasteiger charge is -2.38. The molecule has 1 amide bonds. The smallest absolute Gasteiger partial charge is 0.339 e. The summed E-state index contributed by atoms with van der Waals surface area (Å²) in [6, 6.07) is 10.2. The summed E-state index contributed by atoms with van der Waals surface area (Å²) in [6.45, 7) is 0.891. The highest BCUT2D eigenvalue weighted by Gasteiger charge is 2.48. The van der Waals surface area contributed by atoms with E-state index in [1.165, 1.54) is 0 Å². The maximum absolute atomic E-state index is 12.8. The molecule has 2 aromatic carbocycles. The molecule has 1 spiro atoms. The lowest BCUT2D eigenvalue weighted by molar-refractivity contribution is -0.0389. The second-order valence-corrected chi connectivity index (χ2v) is 7.69. The van der Waals surface area contributed by atoms with Crippen molar-refractivity contribution in [3.05, 3.63) is 68.2 Å². The normalized spacial score (nSPS) is 18.0. The van der Waals surface area contributed by atoms with Gasteiger partial charge in [-0.25, -0.2) is 4.79 Å². The van der Waals surface area contributed by atoms with Gasteiger partial charge in [0.1, 0.15) is 5.60 Å². The highest BCUT2D eigenvalue weighted by Crippen LogP contribution is 2.45. The zero-order valence-corrected chi connectivity index (χ0v) is 15.9. The van der Waals surface area contributed by atoms with Crippen molar-refractivity contribution in [1.29, 1.82) is 0 Å². The van der Waals surface area contributed by atoms with E-state index in [4.69, 9.17) is 39.5 Å². The van der Waals surface area contributed by atoms with Gasteiger partial charge in [-0.2, -0.15) is 0 Å². The Morgan fingerprint density at radius 1 is 1.08 bits per heavy atom. The van der Waals surface area contributed by atoms with E-state index in [1.54, 1.807) is 41.3 Å². The van der Waals surface area contributed by atoms with Crippen LogP contribution in [0.25, 0.3) is 0 Å². The molecule has 0 N–H and O–H groups in total. The number of rotatable bonds is 1. The molecule has 134 valence electrons. The number of hydrogen-bond donors (Lipinski definition) is 0. The van der Waals surface area contributed by atoms with Gasteiger partial charge in [-0.15, -0.1) is 0 Å². The van der Waals surface area contributed by atoms with Crippen molar-refractivity contribution in [3.8, 4) is 0 Å². The summed E-state index contributed by atoms with van der Waals surface area (Å²) in [4.78, 5) is 26.7. The van der Waals surface area contributed by atoms with Crippen LogP contribution in [0.5, 0.6) is 0 Å². The van der Waals surface area contributed by atoms with Crippen molar-refractivity contribution >= 4 is 46.7 Å². The fourth-order valence-electron chi connectivity index (χ4n) is 3.64. The van der Waals surface area contributed by atoms with Crippen LogP contribution >= 0.6 is 34.8 Å². The molecule has 2 heterocycles. The van der Waals surface area contributed by atoms with E-state index in [9.17, 15) is 9.59 Å². The third-order valence-corrected chi connectivity index (χ3v) is 6.07. The fraction of sp³-hybridized carbons (Fsp3) is 0.263. The summed E-state index contributed by atoms with van der Waals surface area (Å²) in [5, 5.41) is 1.16. The Morgan fingerprint density at radius 3 is 2.54 bits per heavy atom. The van der Waals surface area contributed by atoms with E-state index in [-0.39, 0.29) is 16.9 Å². The van der Waals surface area contributed by atoms with E-state index in [2.05, 4.69) is 0 Å². The first kappa shape index (κ1) is 17.7. The summed E-state index contributed by atoms with van der Waals surface area (Å²) in [7, 11) is 0. The lowest BCUT2D eigenvalue weighted by atomic mass is 9.83. The van der Waals surface area contributed by atoms with Crippen LogP contribution in [0.2, 0.25) is 15.1 Å². The van der Waals surface area contributed by atoms with Gasteiger partial charge < -0.3 is 9.64 Å². The summed E-state index contributed by atoms with van der Waals surface area (Å²) >= 11 is 18.3. The number of piperidine rings is 1. The molecule has 2 aliphatic heterocycles. The standard InChI is InChI=1S/C19H14Cl3NO3/c20-11-4-5-12-14(10-11)19(26-18(12)25)6-8-23(9-7-19)17(24)13-2-1-3-15(21)16(13)22/h1-5,10H,6-9H2. The van der Waals surface area contributed by atoms with Crippen molar-refractivity contribution in [2.24, 2.45) is 0 Å². The molecule has 4 rings (SSSR count). The van der Waals surface area contributed by atoms with Crippen LogP contribution in [0, 0.1) is 0 Å². The van der Waals surface area contributed by atoms with Crippen LogP contribution in [0.3, 0.4) is 0 Å². The Morgan fingerprint density at radius 2 is 1.81 bits per heavy atom. The number of hydrogen-bond acceptors (Lipinski definition) is 3. The van der Waals surface area contributed by atoms with Crippen LogP contribution in [0.1, 0.15) is 39.1 Å². The van der Waals surface area contributed by atoms with Crippen LogP contribution in [-0.2, 0) is 10.3 Å². The van der Waals surface area contributed by atoms with E-state index in [1.807, 2.05) is 0 Å². The number of esters is 1. The molecule has 2 aromatic rings. The number of halogens is 3. The maximum atomic E-state index is 12.8. The number of likely N-dealkylation sites (tertiary alicyclic amines) is 1. The topological polar surface area (TPSA) is 46.6 Å². The molecule has 0 saturated carbocycles. The molecule has 0 aliphatic carbocycles. The summed E-state index contributed by atoms with van der Waals surface area (Å²) in [6.07, 6.45) is 1.02. The number of amides is 1. The second kappa shape index (κ2) is 6.45. The third-order valence-electron chi connectivity index (χ3n) is 5.02. The van der Waals surface area contributed by atoms with Crippen LogP contribution in [0.4, 0.5) is 0 Å². The molecular formula is C19H14Cl3NO3. The number of nitrogens with zero attached hydrogens (tertiary/aromatic N) is 1. The van der Waals surface area contributed by atoms with Crippen LogP contribution < -0.4 is 0 Å². The molecule has 1 saturated heterocycles. The third kappa shape index (κ3) is 2.77. The average molecular weight is 411 g/mol. The SMILES string of the molecule is O=C1OC2(CCN(C(=O)c3cccc(Cl)c3Cl)CC2)c2cc(Cl)ccc21. The number of carbonyl (C=O) groups excluding carboxylic acids is 2. The van der Waals surface area contributed by atoms with Crippen molar-refractivity contribution < 1.29 is 14.3 Å². The van der Waals surface area contributed by atoms with Gasteiger partial charge >= 0.3 is 5.97 Å². The molecule has 0 aromatic heterocycles. The molecular weight excluding hydrogens is 397 g/mol. The van der Waals surface area contributed by atoms with Gasteiger partial charge in [0.25, 0.3) is 5.91 Å². The van der Waals surface area contributed by atoms with Gasteiger partial charge in [0.15, 0.2) is 0 Å². The van der Waals surface area contributed by atoms with E-state index < -0.39 is 5.60 Å².